The molecule has 1 fully saturated rings. The number of hydrogen-bond donors (Lipinski definition) is 1. The maximum absolute atomic E-state index is 11.7. The summed E-state index contributed by atoms with van der Waals surface area (Å²) in [6, 6.07) is 7.31. The third kappa shape index (κ3) is 4.77. The molecule has 0 atom stereocenters. The molecule has 20 heavy (non-hydrogen) atoms. The summed E-state index contributed by atoms with van der Waals surface area (Å²) in [7, 11) is 0. The summed E-state index contributed by atoms with van der Waals surface area (Å²) >= 11 is 3.34. The molecular weight excluding hydrogens is 326 g/mol. The van der Waals surface area contributed by atoms with E-state index in [1.165, 1.54) is 0 Å². The number of carbonyl (C=O) groups is 1. The number of amides is 1. The summed E-state index contributed by atoms with van der Waals surface area (Å²) in [5.74, 6) is -0.280. The van der Waals surface area contributed by atoms with Gasteiger partial charge in [-0.05, 0) is 37.6 Å². The standard InChI is InChI=1S/C14H18BrNO4/c1-14(19-7-2-8-20-14)10-16-13(17)9-18-12-5-3-11(15)4-6-12/h3-6H,2,7-10H2,1H3,(H,16,17). The van der Waals surface area contributed by atoms with Crippen molar-refractivity contribution < 1.29 is 19.0 Å². The van der Waals surface area contributed by atoms with Crippen molar-refractivity contribution in [2.45, 2.75) is 19.1 Å². The zero-order valence-electron chi connectivity index (χ0n) is 11.4. The second-order valence-electron chi connectivity index (χ2n) is 4.70. The number of hydrogen-bond acceptors (Lipinski definition) is 4. The minimum Gasteiger partial charge on any atom is -0.484 e. The van der Waals surface area contributed by atoms with E-state index in [1.54, 1.807) is 12.1 Å². The van der Waals surface area contributed by atoms with Crippen molar-refractivity contribution in [1.29, 1.82) is 0 Å². The Labute approximate surface area is 126 Å². The van der Waals surface area contributed by atoms with Crippen molar-refractivity contribution in [2.24, 2.45) is 0 Å². The van der Waals surface area contributed by atoms with Gasteiger partial charge in [-0.3, -0.25) is 4.79 Å². The third-order valence-corrected chi connectivity index (χ3v) is 3.42. The Morgan fingerprint density at radius 1 is 1.35 bits per heavy atom. The van der Waals surface area contributed by atoms with Crippen LogP contribution in [0.25, 0.3) is 0 Å². The summed E-state index contributed by atoms with van der Waals surface area (Å²) in [5, 5.41) is 2.75. The van der Waals surface area contributed by atoms with Crippen LogP contribution < -0.4 is 10.1 Å². The normalized spacial score (nSPS) is 17.5. The van der Waals surface area contributed by atoms with E-state index in [0.717, 1.165) is 10.9 Å². The van der Waals surface area contributed by atoms with Gasteiger partial charge in [-0.25, -0.2) is 0 Å². The van der Waals surface area contributed by atoms with E-state index in [-0.39, 0.29) is 12.5 Å². The zero-order chi connectivity index (χ0) is 14.4. The first-order chi connectivity index (χ1) is 9.57. The van der Waals surface area contributed by atoms with Gasteiger partial charge in [-0.2, -0.15) is 0 Å². The molecule has 0 aliphatic carbocycles. The Kier molecular flexibility index (Phi) is 5.39. The highest BCUT2D eigenvalue weighted by Gasteiger charge is 2.29. The van der Waals surface area contributed by atoms with Gasteiger partial charge in [-0.1, -0.05) is 15.9 Å². The van der Waals surface area contributed by atoms with E-state index in [1.807, 2.05) is 19.1 Å². The van der Waals surface area contributed by atoms with Gasteiger partial charge in [0.2, 0.25) is 0 Å². The van der Waals surface area contributed by atoms with Crippen LogP contribution in [0, 0.1) is 0 Å². The average Bonchev–Trinajstić information content (AvgIpc) is 2.45. The molecule has 1 heterocycles. The molecule has 0 unspecified atom stereocenters. The third-order valence-electron chi connectivity index (χ3n) is 2.89. The Morgan fingerprint density at radius 2 is 2.00 bits per heavy atom. The quantitative estimate of drug-likeness (QED) is 0.889. The zero-order valence-corrected chi connectivity index (χ0v) is 12.9. The second-order valence-corrected chi connectivity index (χ2v) is 5.62. The molecule has 1 saturated heterocycles. The molecular formula is C14H18BrNO4. The number of carbonyl (C=O) groups excluding carboxylic acids is 1. The second kappa shape index (κ2) is 7.06. The van der Waals surface area contributed by atoms with Crippen LogP contribution in [0.5, 0.6) is 5.75 Å². The smallest absolute Gasteiger partial charge is 0.258 e. The van der Waals surface area contributed by atoms with Gasteiger partial charge in [0.25, 0.3) is 5.91 Å². The summed E-state index contributed by atoms with van der Waals surface area (Å²) < 4.78 is 17.4. The topological polar surface area (TPSA) is 56.8 Å². The van der Waals surface area contributed by atoms with Crippen molar-refractivity contribution in [2.75, 3.05) is 26.4 Å². The molecule has 1 N–H and O–H groups in total. The molecule has 1 aromatic rings. The number of rotatable bonds is 5. The van der Waals surface area contributed by atoms with E-state index < -0.39 is 5.79 Å². The van der Waals surface area contributed by atoms with Crippen molar-refractivity contribution >= 4 is 21.8 Å². The first-order valence-electron chi connectivity index (χ1n) is 6.50. The van der Waals surface area contributed by atoms with E-state index in [0.29, 0.717) is 25.5 Å². The van der Waals surface area contributed by atoms with Crippen LogP contribution in [0.15, 0.2) is 28.7 Å². The number of nitrogens with one attached hydrogen (secondary N) is 1. The van der Waals surface area contributed by atoms with Gasteiger partial charge in [0.05, 0.1) is 19.8 Å². The summed E-state index contributed by atoms with van der Waals surface area (Å²) in [6.07, 6.45) is 0.885. The highest BCUT2D eigenvalue weighted by atomic mass is 79.9. The Bertz CT molecular complexity index is 443. The van der Waals surface area contributed by atoms with Crippen LogP contribution in [0.4, 0.5) is 0 Å². The van der Waals surface area contributed by atoms with E-state index >= 15 is 0 Å². The highest BCUT2D eigenvalue weighted by Crippen LogP contribution is 2.17. The van der Waals surface area contributed by atoms with Gasteiger partial charge in [-0.15, -0.1) is 0 Å². The predicted octanol–water partition coefficient (Wildman–Crippen LogP) is 2.10. The molecule has 1 aromatic carbocycles. The fourth-order valence-corrected chi connectivity index (χ4v) is 2.03. The van der Waals surface area contributed by atoms with E-state index in [4.69, 9.17) is 14.2 Å². The lowest BCUT2D eigenvalue weighted by molar-refractivity contribution is -0.251. The Morgan fingerprint density at radius 3 is 2.65 bits per heavy atom. The molecule has 0 radical (unpaired) electrons. The van der Waals surface area contributed by atoms with Crippen LogP contribution in [-0.4, -0.2) is 38.1 Å². The predicted molar refractivity (Wildman–Crippen MR) is 77.6 cm³/mol. The van der Waals surface area contributed by atoms with Gasteiger partial charge in [0.15, 0.2) is 12.4 Å². The molecule has 2 rings (SSSR count). The van der Waals surface area contributed by atoms with Crippen molar-refractivity contribution in [3.8, 4) is 5.75 Å². The number of benzene rings is 1. The fourth-order valence-electron chi connectivity index (χ4n) is 1.77. The number of ether oxygens (including phenoxy) is 3. The lowest BCUT2D eigenvalue weighted by Gasteiger charge is -2.33. The van der Waals surface area contributed by atoms with Crippen LogP contribution in [0.3, 0.4) is 0 Å². The molecule has 1 aliphatic rings. The minimum atomic E-state index is -0.731. The van der Waals surface area contributed by atoms with E-state index in [2.05, 4.69) is 21.2 Å². The molecule has 110 valence electrons. The monoisotopic (exact) mass is 343 g/mol. The van der Waals surface area contributed by atoms with Gasteiger partial charge < -0.3 is 19.5 Å². The van der Waals surface area contributed by atoms with Gasteiger partial charge in [0.1, 0.15) is 5.75 Å². The Balaban J connectivity index is 1.71. The summed E-state index contributed by atoms with van der Waals surface area (Å²) in [4.78, 5) is 11.7. The molecule has 1 aliphatic heterocycles. The lowest BCUT2D eigenvalue weighted by atomic mass is 10.2. The molecule has 0 spiro atoms. The molecule has 0 aromatic heterocycles. The molecule has 0 saturated carbocycles. The van der Waals surface area contributed by atoms with Crippen LogP contribution >= 0.6 is 15.9 Å². The Hall–Kier alpha value is -1.11. The lowest BCUT2D eigenvalue weighted by Crippen LogP contribution is -2.48. The molecule has 0 bridgehead atoms. The average molecular weight is 344 g/mol. The number of halogens is 1. The molecule has 1 amide bonds. The maximum atomic E-state index is 11.7. The fraction of sp³-hybridized carbons (Fsp3) is 0.500. The highest BCUT2D eigenvalue weighted by molar-refractivity contribution is 9.10. The SMILES string of the molecule is CC1(CNC(=O)COc2ccc(Br)cc2)OCCCO1. The van der Waals surface area contributed by atoms with Crippen molar-refractivity contribution in [3.05, 3.63) is 28.7 Å². The van der Waals surface area contributed by atoms with E-state index in [9.17, 15) is 4.79 Å². The van der Waals surface area contributed by atoms with Crippen molar-refractivity contribution in [3.63, 3.8) is 0 Å². The summed E-state index contributed by atoms with van der Waals surface area (Å²) in [6.45, 7) is 3.42. The molecule has 6 heteroatoms. The maximum Gasteiger partial charge on any atom is 0.258 e. The largest absolute Gasteiger partial charge is 0.484 e. The summed E-state index contributed by atoms with van der Waals surface area (Å²) in [5.41, 5.74) is 0. The first-order valence-corrected chi connectivity index (χ1v) is 7.30. The van der Waals surface area contributed by atoms with Gasteiger partial charge >= 0.3 is 0 Å². The molecule has 5 nitrogen and oxygen atoms in total. The van der Waals surface area contributed by atoms with Gasteiger partial charge in [0, 0.05) is 4.47 Å². The van der Waals surface area contributed by atoms with Crippen LogP contribution in [-0.2, 0) is 14.3 Å². The minimum absolute atomic E-state index is 0.0300. The van der Waals surface area contributed by atoms with Crippen molar-refractivity contribution in [1.82, 2.24) is 5.32 Å². The first kappa shape index (κ1) is 15.3. The van der Waals surface area contributed by atoms with Crippen LogP contribution in [0.1, 0.15) is 13.3 Å². The van der Waals surface area contributed by atoms with Crippen LogP contribution in [0.2, 0.25) is 0 Å².